The Hall–Kier alpha value is -4.25. The lowest BCUT2D eigenvalue weighted by Crippen LogP contribution is -2.25. The summed E-state index contributed by atoms with van der Waals surface area (Å²) in [5.41, 5.74) is 1.57. The second kappa shape index (κ2) is 9.78. The molecule has 1 aliphatic rings. The molecule has 0 radical (unpaired) electrons. The van der Waals surface area contributed by atoms with Gasteiger partial charge in [-0.2, -0.15) is 10.2 Å². The predicted octanol–water partition coefficient (Wildman–Crippen LogP) is 3.54. The van der Waals surface area contributed by atoms with Crippen molar-refractivity contribution >= 4 is 0 Å². The summed E-state index contributed by atoms with van der Waals surface area (Å²) in [6.07, 6.45) is 6.31. The Kier molecular flexibility index (Phi) is 6.04. The molecule has 0 spiro atoms. The van der Waals surface area contributed by atoms with E-state index in [0.717, 1.165) is 31.4 Å². The van der Waals surface area contributed by atoms with E-state index < -0.39 is 0 Å². The van der Waals surface area contributed by atoms with E-state index in [9.17, 15) is 4.39 Å². The van der Waals surface area contributed by atoms with Crippen LogP contribution in [0.5, 0.6) is 0 Å². The lowest BCUT2D eigenvalue weighted by molar-refractivity contribution is 0.00417. The van der Waals surface area contributed by atoms with E-state index in [1.165, 1.54) is 18.5 Å². The SMILES string of the molecule is Fc1ccc(-n2nc(-c3nc(Cn4cncn4)nn3CC3CCCCO3)nc2-c2ccccc2)cc1. The normalized spacial score (nSPS) is 15.9. The molecular formula is C25H24FN9O. The number of aromatic nitrogens is 9. The molecule has 3 aromatic heterocycles. The molecule has 10 nitrogen and oxygen atoms in total. The Morgan fingerprint density at radius 1 is 0.944 bits per heavy atom. The van der Waals surface area contributed by atoms with Crippen LogP contribution in [-0.4, -0.2) is 57.0 Å². The van der Waals surface area contributed by atoms with Gasteiger partial charge in [0.05, 0.1) is 18.3 Å². The minimum absolute atomic E-state index is 0.0474. The zero-order chi connectivity index (χ0) is 24.3. The molecule has 6 rings (SSSR count). The van der Waals surface area contributed by atoms with E-state index in [1.54, 1.807) is 27.8 Å². The first-order valence-electron chi connectivity index (χ1n) is 11.9. The van der Waals surface area contributed by atoms with Crippen LogP contribution in [0.3, 0.4) is 0 Å². The van der Waals surface area contributed by atoms with Crippen molar-refractivity contribution in [2.75, 3.05) is 6.61 Å². The summed E-state index contributed by atoms with van der Waals surface area (Å²) in [6, 6.07) is 15.9. The molecule has 36 heavy (non-hydrogen) atoms. The van der Waals surface area contributed by atoms with Gasteiger partial charge < -0.3 is 4.74 Å². The molecular weight excluding hydrogens is 461 g/mol. The maximum Gasteiger partial charge on any atom is 0.219 e. The number of ether oxygens (including phenoxy) is 1. The zero-order valence-corrected chi connectivity index (χ0v) is 19.5. The van der Waals surface area contributed by atoms with Crippen molar-refractivity contribution < 1.29 is 9.13 Å². The van der Waals surface area contributed by atoms with Crippen LogP contribution in [0.15, 0.2) is 67.3 Å². The van der Waals surface area contributed by atoms with Gasteiger partial charge in [0.25, 0.3) is 0 Å². The molecule has 0 bridgehead atoms. The molecule has 182 valence electrons. The predicted molar refractivity (Wildman–Crippen MR) is 128 cm³/mol. The van der Waals surface area contributed by atoms with Gasteiger partial charge in [0.15, 0.2) is 17.5 Å². The molecule has 11 heteroatoms. The van der Waals surface area contributed by atoms with Crippen LogP contribution in [0.25, 0.3) is 28.7 Å². The van der Waals surface area contributed by atoms with Gasteiger partial charge in [-0.25, -0.2) is 33.4 Å². The van der Waals surface area contributed by atoms with Crippen molar-refractivity contribution in [1.82, 2.24) is 44.3 Å². The van der Waals surface area contributed by atoms with E-state index in [4.69, 9.17) is 24.9 Å². The number of hydrogen-bond acceptors (Lipinski definition) is 7. The number of nitrogens with zero attached hydrogens (tertiary/aromatic N) is 9. The quantitative estimate of drug-likeness (QED) is 0.347. The summed E-state index contributed by atoms with van der Waals surface area (Å²) < 4.78 is 24.8. The van der Waals surface area contributed by atoms with Crippen LogP contribution < -0.4 is 0 Å². The van der Waals surface area contributed by atoms with Gasteiger partial charge in [-0.15, -0.1) is 5.10 Å². The van der Waals surface area contributed by atoms with Gasteiger partial charge in [0.1, 0.15) is 25.0 Å². The molecule has 2 aromatic carbocycles. The van der Waals surface area contributed by atoms with E-state index in [1.807, 2.05) is 35.0 Å². The first-order valence-corrected chi connectivity index (χ1v) is 11.9. The summed E-state index contributed by atoms with van der Waals surface area (Å²) in [6.45, 7) is 1.66. The standard InChI is InChI=1S/C25H24FN9O/c26-19-9-11-20(12-10-19)35-24(18-6-2-1-3-7-18)30-23(32-35)25-29-22(15-33-17-27-16-28-33)31-34(25)14-21-8-4-5-13-36-21/h1-3,6-7,9-12,16-17,21H,4-5,8,13-15H2. The molecule has 1 atom stereocenters. The summed E-state index contributed by atoms with van der Waals surface area (Å²) in [5.74, 6) is 1.85. The fourth-order valence-electron chi connectivity index (χ4n) is 4.30. The van der Waals surface area contributed by atoms with Gasteiger partial charge in [0, 0.05) is 12.2 Å². The van der Waals surface area contributed by atoms with Crippen LogP contribution in [0.4, 0.5) is 4.39 Å². The van der Waals surface area contributed by atoms with Crippen LogP contribution in [0.1, 0.15) is 25.1 Å². The topological polar surface area (TPSA) is 101 Å². The number of hydrogen-bond donors (Lipinski definition) is 0. The van der Waals surface area contributed by atoms with Crippen molar-refractivity contribution in [3.8, 4) is 28.7 Å². The number of halogens is 1. The molecule has 1 unspecified atom stereocenters. The minimum atomic E-state index is -0.315. The van der Waals surface area contributed by atoms with Crippen LogP contribution in [-0.2, 0) is 17.8 Å². The molecule has 1 fully saturated rings. The monoisotopic (exact) mass is 485 g/mol. The number of benzene rings is 2. The van der Waals surface area contributed by atoms with Crippen molar-refractivity contribution in [3.05, 3.63) is 78.9 Å². The van der Waals surface area contributed by atoms with Gasteiger partial charge in [-0.1, -0.05) is 30.3 Å². The van der Waals surface area contributed by atoms with Crippen molar-refractivity contribution in [3.63, 3.8) is 0 Å². The van der Waals surface area contributed by atoms with E-state index in [0.29, 0.717) is 42.1 Å². The maximum atomic E-state index is 13.6. The van der Waals surface area contributed by atoms with Gasteiger partial charge in [-0.05, 0) is 43.5 Å². The molecule has 0 amide bonds. The van der Waals surface area contributed by atoms with Crippen molar-refractivity contribution in [2.45, 2.75) is 38.5 Å². The molecule has 5 aromatic rings. The molecule has 4 heterocycles. The fourth-order valence-corrected chi connectivity index (χ4v) is 4.30. The van der Waals surface area contributed by atoms with E-state index >= 15 is 0 Å². The van der Waals surface area contributed by atoms with Crippen LogP contribution in [0.2, 0.25) is 0 Å². The van der Waals surface area contributed by atoms with Crippen LogP contribution in [0, 0.1) is 5.82 Å². The summed E-state index contributed by atoms with van der Waals surface area (Å²) in [7, 11) is 0. The van der Waals surface area contributed by atoms with E-state index in [2.05, 4.69) is 10.1 Å². The molecule has 0 N–H and O–H groups in total. The Morgan fingerprint density at radius 3 is 2.56 bits per heavy atom. The first-order chi connectivity index (χ1) is 17.7. The second-order valence-corrected chi connectivity index (χ2v) is 8.63. The highest BCUT2D eigenvalue weighted by Crippen LogP contribution is 2.26. The largest absolute Gasteiger partial charge is 0.376 e. The Morgan fingerprint density at radius 2 is 1.81 bits per heavy atom. The lowest BCUT2D eigenvalue weighted by atomic mass is 10.1. The molecule has 1 aliphatic heterocycles. The average molecular weight is 486 g/mol. The minimum Gasteiger partial charge on any atom is -0.376 e. The Balaban J connectivity index is 1.44. The van der Waals surface area contributed by atoms with Gasteiger partial charge >= 0.3 is 0 Å². The Labute approximate surface area is 206 Å². The van der Waals surface area contributed by atoms with E-state index in [-0.39, 0.29) is 11.9 Å². The third-order valence-electron chi connectivity index (χ3n) is 6.05. The Bertz CT molecular complexity index is 1420. The van der Waals surface area contributed by atoms with Gasteiger partial charge in [0.2, 0.25) is 5.82 Å². The smallest absolute Gasteiger partial charge is 0.219 e. The van der Waals surface area contributed by atoms with Crippen molar-refractivity contribution in [1.29, 1.82) is 0 Å². The highest BCUT2D eigenvalue weighted by atomic mass is 19.1. The summed E-state index contributed by atoms with van der Waals surface area (Å²) in [5, 5.41) is 13.7. The maximum absolute atomic E-state index is 13.6. The lowest BCUT2D eigenvalue weighted by Gasteiger charge is -2.22. The third kappa shape index (κ3) is 4.65. The third-order valence-corrected chi connectivity index (χ3v) is 6.05. The van der Waals surface area contributed by atoms with Gasteiger partial charge in [-0.3, -0.25) is 0 Å². The average Bonchev–Trinajstić information content (AvgIpc) is 3.66. The number of rotatable bonds is 7. The second-order valence-electron chi connectivity index (χ2n) is 8.63. The first kappa shape index (κ1) is 22.2. The molecule has 1 saturated heterocycles. The highest BCUT2D eigenvalue weighted by Gasteiger charge is 2.24. The molecule has 0 saturated carbocycles. The zero-order valence-electron chi connectivity index (χ0n) is 19.5. The summed E-state index contributed by atoms with van der Waals surface area (Å²) in [4.78, 5) is 13.7. The summed E-state index contributed by atoms with van der Waals surface area (Å²) >= 11 is 0. The fraction of sp³-hybridized carbons (Fsp3) is 0.280. The highest BCUT2D eigenvalue weighted by molar-refractivity contribution is 5.61. The van der Waals surface area contributed by atoms with Crippen molar-refractivity contribution in [2.24, 2.45) is 0 Å². The molecule has 0 aliphatic carbocycles. The van der Waals surface area contributed by atoms with Crippen LogP contribution >= 0.6 is 0 Å².